The van der Waals surface area contributed by atoms with E-state index in [0.29, 0.717) is 12.8 Å². The van der Waals surface area contributed by atoms with Crippen molar-refractivity contribution in [1.82, 2.24) is 10.0 Å². The van der Waals surface area contributed by atoms with Gasteiger partial charge in [-0.3, -0.25) is 0 Å². The first-order valence-electron chi connectivity index (χ1n) is 8.40. The van der Waals surface area contributed by atoms with Gasteiger partial charge in [-0.05, 0) is 24.7 Å². The Kier molecular flexibility index (Phi) is 10.4. The molecule has 6 nitrogen and oxygen atoms in total. The molecule has 4 atom stereocenters. The van der Waals surface area contributed by atoms with Crippen molar-refractivity contribution in [1.29, 1.82) is 0 Å². The van der Waals surface area contributed by atoms with Crippen molar-refractivity contribution in [2.24, 2.45) is 11.8 Å². The Morgan fingerprint density at radius 3 is 1.23 bits per heavy atom. The molecule has 0 radical (unpaired) electrons. The SMILES string of the molecule is CCC(O)CN(CC(O)CC)N(C(O)C(C)C)C(O)C(C)C. The number of nitrogens with zero attached hydrogens (tertiary/aromatic N) is 2. The number of hydrazine groups is 1. The minimum atomic E-state index is -0.884. The fourth-order valence-electron chi connectivity index (χ4n) is 2.11. The number of hydrogen-bond donors (Lipinski definition) is 4. The lowest BCUT2D eigenvalue weighted by Crippen LogP contribution is -2.60. The largest absolute Gasteiger partial charge is 0.392 e. The molecule has 0 bridgehead atoms. The van der Waals surface area contributed by atoms with Crippen LogP contribution in [0, 0.1) is 11.8 Å². The van der Waals surface area contributed by atoms with E-state index < -0.39 is 24.7 Å². The molecule has 0 aliphatic carbocycles. The third-order valence-corrected chi connectivity index (χ3v) is 3.85. The molecule has 0 aliphatic heterocycles. The molecular weight excluding hydrogens is 284 g/mol. The van der Waals surface area contributed by atoms with E-state index in [2.05, 4.69) is 0 Å². The van der Waals surface area contributed by atoms with Gasteiger partial charge in [-0.15, -0.1) is 0 Å². The lowest BCUT2D eigenvalue weighted by Gasteiger charge is -2.44. The zero-order chi connectivity index (χ0) is 17.4. The van der Waals surface area contributed by atoms with Gasteiger partial charge < -0.3 is 20.4 Å². The molecule has 0 aromatic heterocycles. The van der Waals surface area contributed by atoms with E-state index in [1.807, 2.05) is 41.5 Å². The highest BCUT2D eigenvalue weighted by Crippen LogP contribution is 2.20. The number of hydrogen-bond acceptors (Lipinski definition) is 6. The summed E-state index contributed by atoms with van der Waals surface area (Å²) in [7, 11) is 0. The smallest absolute Gasteiger partial charge is 0.125 e. The van der Waals surface area contributed by atoms with Crippen molar-refractivity contribution >= 4 is 0 Å². The molecule has 0 saturated carbocycles. The summed E-state index contributed by atoms with van der Waals surface area (Å²) in [6.07, 6.45) is -1.78. The van der Waals surface area contributed by atoms with Crippen LogP contribution in [-0.4, -0.2) is 68.2 Å². The fraction of sp³-hybridized carbons (Fsp3) is 1.00. The van der Waals surface area contributed by atoms with E-state index in [1.165, 1.54) is 5.01 Å². The van der Waals surface area contributed by atoms with Crippen LogP contribution in [0.1, 0.15) is 54.4 Å². The fourth-order valence-corrected chi connectivity index (χ4v) is 2.11. The standard InChI is InChI=1S/C16H36N2O4/c1-7-13(19)9-17(10-14(20)8-2)18(15(21)11(3)4)16(22)12(5)6/h11-16,19-22H,7-10H2,1-6H3. The van der Waals surface area contributed by atoms with Crippen LogP contribution in [0.15, 0.2) is 0 Å². The van der Waals surface area contributed by atoms with Crippen LogP contribution < -0.4 is 0 Å². The predicted molar refractivity (Wildman–Crippen MR) is 87.7 cm³/mol. The first-order chi connectivity index (χ1) is 10.1. The summed E-state index contributed by atoms with van der Waals surface area (Å²) in [5.74, 6) is -0.179. The van der Waals surface area contributed by atoms with E-state index in [1.54, 1.807) is 5.01 Å². The molecule has 0 amide bonds. The summed E-state index contributed by atoms with van der Waals surface area (Å²) in [6.45, 7) is 11.8. The molecule has 4 unspecified atom stereocenters. The maximum atomic E-state index is 10.5. The second kappa shape index (κ2) is 10.5. The zero-order valence-electron chi connectivity index (χ0n) is 15.0. The summed E-state index contributed by atoms with van der Waals surface area (Å²) in [5, 5.41) is 44.2. The molecule has 134 valence electrons. The molecule has 0 fully saturated rings. The van der Waals surface area contributed by atoms with Crippen LogP contribution in [0.4, 0.5) is 0 Å². The van der Waals surface area contributed by atoms with E-state index >= 15 is 0 Å². The number of aliphatic hydroxyl groups excluding tert-OH is 4. The van der Waals surface area contributed by atoms with Gasteiger partial charge >= 0.3 is 0 Å². The first-order valence-corrected chi connectivity index (χ1v) is 8.40. The topological polar surface area (TPSA) is 87.4 Å². The van der Waals surface area contributed by atoms with Gasteiger partial charge in [-0.2, -0.15) is 5.01 Å². The van der Waals surface area contributed by atoms with Crippen molar-refractivity contribution < 1.29 is 20.4 Å². The molecule has 0 spiro atoms. The van der Waals surface area contributed by atoms with E-state index in [0.717, 1.165) is 0 Å². The van der Waals surface area contributed by atoms with Crippen molar-refractivity contribution in [3.63, 3.8) is 0 Å². The Balaban J connectivity index is 5.39. The van der Waals surface area contributed by atoms with Gasteiger partial charge in [0.2, 0.25) is 0 Å². The predicted octanol–water partition coefficient (Wildman–Crippen LogP) is 0.996. The van der Waals surface area contributed by atoms with E-state index in [-0.39, 0.29) is 24.9 Å². The van der Waals surface area contributed by atoms with Gasteiger partial charge in [-0.1, -0.05) is 41.5 Å². The van der Waals surface area contributed by atoms with Gasteiger partial charge in [0.15, 0.2) is 0 Å². The Hall–Kier alpha value is -0.240. The second-order valence-corrected chi connectivity index (χ2v) is 6.69. The molecule has 0 heterocycles. The van der Waals surface area contributed by atoms with Crippen molar-refractivity contribution in [3.8, 4) is 0 Å². The summed E-state index contributed by atoms with van der Waals surface area (Å²) in [6, 6.07) is 0. The average molecular weight is 320 g/mol. The Labute approximate surface area is 135 Å². The normalized spacial score (nSPS) is 18.3. The second-order valence-electron chi connectivity index (χ2n) is 6.69. The molecule has 6 heteroatoms. The summed E-state index contributed by atoms with van der Waals surface area (Å²) in [4.78, 5) is 0. The number of aliphatic hydroxyl groups is 4. The molecule has 0 aromatic carbocycles. The van der Waals surface area contributed by atoms with Crippen LogP contribution >= 0.6 is 0 Å². The molecule has 0 aliphatic rings. The monoisotopic (exact) mass is 320 g/mol. The van der Waals surface area contributed by atoms with Crippen molar-refractivity contribution in [2.75, 3.05) is 13.1 Å². The van der Waals surface area contributed by atoms with Gasteiger partial charge in [0.05, 0.1) is 12.2 Å². The molecule has 4 N–H and O–H groups in total. The van der Waals surface area contributed by atoms with E-state index in [4.69, 9.17) is 0 Å². The summed E-state index contributed by atoms with van der Waals surface area (Å²) < 4.78 is 0. The van der Waals surface area contributed by atoms with Gasteiger partial charge in [0.1, 0.15) is 12.5 Å². The van der Waals surface area contributed by atoms with Crippen LogP contribution in [0.25, 0.3) is 0 Å². The quantitative estimate of drug-likeness (QED) is 0.335. The Bertz CT molecular complexity index is 263. The van der Waals surface area contributed by atoms with Gasteiger partial charge in [0.25, 0.3) is 0 Å². The van der Waals surface area contributed by atoms with Crippen molar-refractivity contribution in [3.05, 3.63) is 0 Å². The average Bonchev–Trinajstić information content (AvgIpc) is 2.46. The number of rotatable bonds is 11. The highest BCUT2D eigenvalue weighted by atomic mass is 16.3. The minimum Gasteiger partial charge on any atom is -0.392 e. The Morgan fingerprint density at radius 2 is 1.00 bits per heavy atom. The molecule has 0 saturated heterocycles. The summed E-state index contributed by atoms with van der Waals surface area (Å²) >= 11 is 0. The maximum Gasteiger partial charge on any atom is 0.125 e. The highest BCUT2D eigenvalue weighted by Gasteiger charge is 2.34. The molecule has 0 aromatic rings. The van der Waals surface area contributed by atoms with Gasteiger partial charge in [-0.25, -0.2) is 5.01 Å². The highest BCUT2D eigenvalue weighted by molar-refractivity contribution is 4.74. The van der Waals surface area contributed by atoms with Crippen LogP contribution in [0.5, 0.6) is 0 Å². The Morgan fingerprint density at radius 1 is 0.682 bits per heavy atom. The van der Waals surface area contributed by atoms with Gasteiger partial charge in [0, 0.05) is 13.1 Å². The van der Waals surface area contributed by atoms with Crippen LogP contribution in [0.2, 0.25) is 0 Å². The molecular formula is C16H36N2O4. The summed E-state index contributed by atoms with van der Waals surface area (Å²) in [5.41, 5.74) is 0. The minimum absolute atomic E-state index is 0.0894. The zero-order valence-corrected chi connectivity index (χ0v) is 15.0. The van der Waals surface area contributed by atoms with E-state index in [9.17, 15) is 20.4 Å². The lowest BCUT2D eigenvalue weighted by atomic mass is 10.1. The third-order valence-electron chi connectivity index (χ3n) is 3.85. The van der Waals surface area contributed by atoms with Crippen LogP contribution in [0.3, 0.4) is 0 Å². The van der Waals surface area contributed by atoms with Crippen molar-refractivity contribution in [2.45, 2.75) is 79.0 Å². The third kappa shape index (κ3) is 6.89. The molecule has 22 heavy (non-hydrogen) atoms. The molecule has 0 rings (SSSR count). The van der Waals surface area contributed by atoms with Crippen LogP contribution in [-0.2, 0) is 0 Å². The lowest BCUT2D eigenvalue weighted by molar-refractivity contribution is -0.251. The maximum absolute atomic E-state index is 10.5. The first kappa shape index (κ1) is 21.8.